The molecule has 0 aliphatic heterocycles. The van der Waals surface area contributed by atoms with Gasteiger partial charge in [0.15, 0.2) is 0 Å². The first-order valence-corrected chi connectivity index (χ1v) is 10.1. The van der Waals surface area contributed by atoms with E-state index in [1.807, 2.05) is 0 Å². The maximum Gasteiger partial charge on any atom is 0.325 e. The number of esters is 2. The Morgan fingerprint density at radius 2 is 1.33 bits per heavy atom. The van der Waals surface area contributed by atoms with Crippen LogP contribution < -0.4 is 5.32 Å². The van der Waals surface area contributed by atoms with Crippen LogP contribution in [0.3, 0.4) is 0 Å². The van der Waals surface area contributed by atoms with Gasteiger partial charge in [0.05, 0.1) is 13.2 Å². The molecular weight excluding hydrogens is 424 g/mol. The average Bonchev–Trinajstić information content (AvgIpc) is 2.80. The van der Waals surface area contributed by atoms with E-state index in [-0.39, 0.29) is 30.2 Å². The van der Waals surface area contributed by atoms with Crippen molar-refractivity contribution in [2.75, 3.05) is 33.4 Å². The van der Waals surface area contributed by atoms with Crippen molar-refractivity contribution in [3.05, 3.63) is 47.9 Å². The van der Waals surface area contributed by atoms with Crippen molar-refractivity contribution in [2.45, 2.75) is 25.7 Å². The topological polar surface area (TPSA) is 163 Å². The van der Waals surface area contributed by atoms with Crippen molar-refractivity contribution in [2.24, 2.45) is 0 Å². The number of ether oxygens (including phenoxy) is 2. The van der Waals surface area contributed by atoms with Crippen LogP contribution in [0, 0.1) is 45.3 Å². The normalized spacial score (nSPS) is 9.61. The van der Waals surface area contributed by atoms with Crippen molar-refractivity contribution < 1.29 is 19.1 Å². The molecule has 0 spiro atoms. The lowest BCUT2D eigenvalue weighted by molar-refractivity contribution is -0.144. The molecule has 172 valence electrons. The summed E-state index contributed by atoms with van der Waals surface area (Å²) >= 11 is 0. The minimum atomic E-state index is -0.413. The van der Waals surface area contributed by atoms with Crippen molar-refractivity contribution in [1.29, 1.82) is 21.0 Å². The van der Waals surface area contributed by atoms with Crippen molar-refractivity contribution in [3.63, 3.8) is 0 Å². The molecule has 0 bridgehead atoms. The zero-order chi connectivity index (χ0) is 24.7. The number of nitriles is 4. The molecule has 0 aliphatic rings. The molecule has 0 saturated heterocycles. The third-order valence-electron chi connectivity index (χ3n) is 3.75. The van der Waals surface area contributed by atoms with Gasteiger partial charge in [-0.15, -0.1) is 0 Å². The third-order valence-corrected chi connectivity index (χ3v) is 3.75. The standard InChI is InChI=1S/C23H26N6O4/c1-29(11-7-9-21(16-26)17-27)19-23(31)33-13-5-3-2-4-12-32-22(30)18-28-10-6-8-20(14-24)15-25/h6-11,28H,2-5,12-13,18-19H2,1H3/b10-6+,11-7+. The van der Waals surface area contributed by atoms with Crippen molar-refractivity contribution in [1.82, 2.24) is 10.2 Å². The maximum atomic E-state index is 11.7. The summed E-state index contributed by atoms with van der Waals surface area (Å²) in [4.78, 5) is 24.9. The second kappa shape index (κ2) is 19.4. The highest BCUT2D eigenvalue weighted by Crippen LogP contribution is 2.01. The molecule has 10 heteroatoms. The van der Waals surface area contributed by atoms with Crippen LogP contribution in [0.15, 0.2) is 47.9 Å². The van der Waals surface area contributed by atoms with Crippen LogP contribution in [0.1, 0.15) is 25.7 Å². The number of hydrogen-bond acceptors (Lipinski definition) is 10. The Hall–Kier alpha value is -4.54. The van der Waals surface area contributed by atoms with E-state index < -0.39 is 5.97 Å². The monoisotopic (exact) mass is 450 g/mol. The van der Waals surface area contributed by atoms with E-state index in [1.165, 1.54) is 30.5 Å². The highest BCUT2D eigenvalue weighted by molar-refractivity contribution is 5.72. The fraction of sp³-hybridized carbons (Fsp3) is 0.391. The van der Waals surface area contributed by atoms with Crippen LogP contribution >= 0.6 is 0 Å². The van der Waals surface area contributed by atoms with E-state index in [2.05, 4.69) is 5.32 Å². The molecule has 0 fully saturated rings. The van der Waals surface area contributed by atoms with Gasteiger partial charge in [-0.25, -0.2) is 0 Å². The lowest BCUT2D eigenvalue weighted by atomic mass is 10.2. The highest BCUT2D eigenvalue weighted by Gasteiger charge is 2.05. The van der Waals surface area contributed by atoms with E-state index in [4.69, 9.17) is 30.5 Å². The summed E-state index contributed by atoms with van der Waals surface area (Å²) in [6, 6.07) is 6.89. The van der Waals surface area contributed by atoms with Crippen LogP contribution in [-0.4, -0.2) is 50.2 Å². The van der Waals surface area contributed by atoms with Crippen molar-refractivity contribution >= 4 is 11.9 Å². The van der Waals surface area contributed by atoms with Gasteiger partial charge >= 0.3 is 11.9 Å². The first-order valence-electron chi connectivity index (χ1n) is 10.1. The van der Waals surface area contributed by atoms with Crippen molar-refractivity contribution in [3.8, 4) is 24.3 Å². The Labute approximate surface area is 193 Å². The Kier molecular flexibility index (Phi) is 16.8. The molecule has 0 aromatic carbocycles. The zero-order valence-corrected chi connectivity index (χ0v) is 18.5. The molecule has 0 aromatic rings. The van der Waals surface area contributed by atoms with Crippen LogP contribution in [0.25, 0.3) is 0 Å². The number of likely N-dealkylation sites (N-methyl/N-ethyl adjacent to an activating group) is 1. The fourth-order valence-electron chi connectivity index (χ4n) is 2.12. The molecule has 0 aliphatic carbocycles. The molecule has 0 amide bonds. The quantitative estimate of drug-likeness (QED) is 0.169. The zero-order valence-electron chi connectivity index (χ0n) is 18.5. The molecule has 0 heterocycles. The van der Waals surface area contributed by atoms with Crippen LogP contribution in [0.5, 0.6) is 0 Å². The summed E-state index contributed by atoms with van der Waals surface area (Å²) in [6.45, 7) is 0.619. The molecule has 33 heavy (non-hydrogen) atoms. The lowest BCUT2D eigenvalue weighted by Crippen LogP contribution is -2.23. The van der Waals surface area contributed by atoms with Gasteiger partial charge in [-0.1, -0.05) is 0 Å². The summed E-state index contributed by atoms with van der Waals surface area (Å²) in [5.74, 6) is -0.794. The number of hydrogen-bond donors (Lipinski definition) is 1. The molecule has 0 unspecified atom stereocenters. The first-order chi connectivity index (χ1) is 16.0. The summed E-state index contributed by atoms with van der Waals surface area (Å²) in [6.07, 6.45) is 11.7. The van der Waals surface area contributed by atoms with E-state index in [0.717, 1.165) is 12.8 Å². The molecular formula is C23H26N6O4. The van der Waals surface area contributed by atoms with Crippen LogP contribution in [0.2, 0.25) is 0 Å². The van der Waals surface area contributed by atoms with Gasteiger partial charge in [0, 0.05) is 7.05 Å². The minimum absolute atomic E-state index is 0.0214. The summed E-state index contributed by atoms with van der Waals surface area (Å²) < 4.78 is 10.2. The molecule has 1 N–H and O–H groups in total. The highest BCUT2D eigenvalue weighted by atomic mass is 16.5. The van der Waals surface area contributed by atoms with E-state index in [9.17, 15) is 9.59 Å². The van der Waals surface area contributed by atoms with E-state index >= 15 is 0 Å². The second-order valence-electron chi connectivity index (χ2n) is 6.46. The van der Waals surface area contributed by atoms with Gasteiger partial charge in [-0.05, 0) is 62.4 Å². The number of rotatable bonds is 15. The minimum Gasteiger partial charge on any atom is -0.464 e. The largest absolute Gasteiger partial charge is 0.464 e. The number of allylic oxidation sites excluding steroid dienone is 6. The van der Waals surface area contributed by atoms with Crippen LogP contribution in [-0.2, 0) is 19.1 Å². The first kappa shape index (κ1) is 28.5. The van der Waals surface area contributed by atoms with Gasteiger partial charge in [0.2, 0.25) is 0 Å². The molecule has 0 radical (unpaired) electrons. The molecule has 0 atom stereocenters. The molecule has 0 rings (SSSR count). The molecule has 0 saturated carbocycles. The predicted octanol–water partition coefficient (Wildman–Crippen LogP) is 2.13. The third kappa shape index (κ3) is 16.9. The number of carbonyl (C=O) groups excluding carboxylic acids is 2. The molecule has 10 nitrogen and oxygen atoms in total. The Morgan fingerprint density at radius 1 is 0.818 bits per heavy atom. The Morgan fingerprint density at radius 3 is 1.88 bits per heavy atom. The second-order valence-corrected chi connectivity index (χ2v) is 6.46. The SMILES string of the molecule is CN(/C=C/C=C(C#N)C#N)CC(=O)OCCCCCCOC(=O)CN/C=C/C=C(C#N)C#N. The number of carbonyl (C=O) groups is 2. The van der Waals surface area contributed by atoms with Crippen LogP contribution in [0.4, 0.5) is 0 Å². The number of nitrogens with one attached hydrogen (secondary N) is 1. The maximum absolute atomic E-state index is 11.7. The van der Waals surface area contributed by atoms with Gasteiger partial charge in [0.1, 0.15) is 48.5 Å². The van der Waals surface area contributed by atoms with E-state index in [1.54, 1.807) is 42.4 Å². The Balaban J connectivity index is 3.76. The van der Waals surface area contributed by atoms with Gasteiger partial charge < -0.3 is 19.7 Å². The average molecular weight is 450 g/mol. The number of unbranched alkanes of at least 4 members (excludes halogenated alkanes) is 3. The van der Waals surface area contributed by atoms with Gasteiger partial charge in [-0.3, -0.25) is 9.59 Å². The van der Waals surface area contributed by atoms with E-state index in [0.29, 0.717) is 26.1 Å². The summed E-state index contributed by atoms with van der Waals surface area (Å²) in [5, 5.41) is 37.1. The number of nitrogens with zero attached hydrogens (tertiary/aromatic N) is 5. The van der Waals surface area contributed by atoms with Gasteiger partial charge in [0.25, 0.3) is 0 Å². The summed E-state index contributed by atoms with van der Waals surface area (Å²) in [5.41, 5.74) is -0.0608. The summed E-state index contributed by atoms with van der Waals surface area (Å²) in [7, 11) is 1.67. The van der Waals surface area contributed by atoms with Gasteiger partial charge in [-0.2, -0.15) is 21.0 Å². The molecule has 0 aromatic heterocycles. The lowest BCUT2D eigenvalue weighted by Gasteiger charge is -2.12. The fourth-order valence-corrected chi connectivity index (χ4v) is 2.12. The predicted molar refractivity (Wildman–Crippen MR) is 118 cm³/mol. The smallest absolute Gasteiger partial charge is 0.325 e. The Bertz CT molecular complexity index is 891.